The van der Waals surface area contributed by atoms with Gasteiger partial charge in [0.25, 0.3) is 5.91 Å². The molecule has 4 aliphatic carbocycles. The number of halogens is 3. The molecule has 5 aromatic carbocycles. The molecule has 15 rings (SSSR count). The quantitative estimate of drug-likeness (QED) is 0.0380. The molecule has 5 aliphatic heterocycles. The van der Waals surface area contributed by atoms with E-state index in [2.05, 4.69) is 72.2 Å². The Morgan fingerprint density at radius 2 is 1.47 bits per heavy atom. The number of ether oxygens (including phenoxy) is 2. The van der Waals surface area contributed by atoms with Gasteiger partial charge in [0.1, 0.15) is 36.4 Å². The lowest BCUT2D eigenvalue weighted by atomic mass is 9.71. The van der Waals surface area contributed by atoms with Crippen LogP contribution in [0, 0.1) is 17.6 Å². The first kappa shape index (κ1) is 73.4. The number of nitrogens with zero attached hydrogens (tertiary/aromatic N) is 8. The normalized spacial score (nSPS) is 23.1. The van der Waals surface area contributed by atoms with Crippen molar-refractivity contribution in [2.24, 2.45) is 5.92 Å². The van der Waals surface area contributed by atoms with Crippen molar-refractivity contribution in [3.63, 3.8) is 0 Å². The second kappa shape index (κ2) is 32.7. The number of aromatic nitrogens is 2. The highest BCUT2D eigenvalue weighted by molar-refractivity contribution is 6.30. The molecule has 1 aromatic heterocycles. The molecule has 0 radical (unpaired) electrons. The number of hydrogen-bond acceptors (Lipinski definition) is 15. The summed E-state index contributed by atoms with van der Waals surface area (Å²) in [6.07, 6.45) is 10.6. The third-order valence-corrected chi connectivity index (χ3v) is 24.0. The minimum absolute atomic E-state index is 0.00275. The standard InChI is InChI=1S/C81H97ClF2N12O9/c1-53-41-69(97)74-72(53)75(88-52-87-74)92-37-39-93(40-38-92)77(101)66(54-20-23-60(82)24-21-54)48-96(79(103)104-49-67-64-18-7-5-16-62(64)63-17-6-8-19-65(63)67)32-30-86-70(98)45-89-80-26-28-81(29-27-80,105-51-80)50-91-33-35-94(36-34-91)78(102)73(55-11-3-2-4-12-55)90-76(100)57-14-9-13-56(42-57)59-15-10-31-95(47-59)71(99)46-85-44-58-22-25-61(83)43-68(58)84/h5-9,13-14,16-25,42-43,52-53,55,59,66-67,69,73,85,89,97H,2-4,10-12,15,26-41,44-51H2,1H3,(H,86,98)(H,90,100)/t53-,59?,66-,69-,73-,80?,81?/m1/s1. The Balaban J connectivity index is 0.563. The predicted octanol–water partition coefficient (Wildman–Crippen LogP) is 9.44. The largest absolute Gasteiger partial charge is 0.448 e. The average molecular weight is 1460 g/mol. The summed E-state index contributed by atoms with van der Waals surface area (Å²) in [7, 11) is 0. The smallest absolute Gasteiger partial charge is 0.409 e. The highest BCUT2D eigenvalue weighted by atomic mass is 35.5. The number of likely N-dealkylation sites (tertiary alicyclic amines) is 1. The molecular weight excluding hydrogens is 1360 g/mol. The molecule has 5 saturated heterocycles. The van der Waals surface area contributed by atoms with Gasteiger partial charge in [-0.2, -0.15) is 0 Å². The molecule has 21 nitrogen and oxygen atoms in total. The van der Waals surface area contributed by atoms with Crippen LogP contribution in [-0.4, -0.2) is 210 Å². The van der Waals surface area contributed by atoms with Gasteiger partial charge in [-0.25, -0.2) is 23.5 Å². The summed E-state index contributed by atoms with van der Waals surface area (Å²) in [4.78, 5) is 107. The van der Waals surface area contributed by atoms with E-state index in [1.807, 2.05) is 64.4 Å². The Morgan fingerprint density at radius 3 is 2.18 bits per heavy atom. The Bertz CT molecular complexity index is 4060. The predicted molar refractivity (Wildman–Crippen MR) is 394 cm³/mol. The molecule has 2 bridgehead atoms. The molecule has 5 atom stereocenters. The van der Waals surface area contributed by atoms with E-state index >= 15 is 4.79 Å². The van der Waals surface area contributed by atoms with Crippen molar-refractivity contribution in [1.29, 1.82) is 0 Å². The van der Waals surface area contributed by atoms with Gasteiger partial charge in [-0.1, -0.05) is 117 Å². The molecule has 7 fully saturated rings. The zero-order valence-corrected chi connectivity index (χ0v) is 60.7. The van der Waals surface area contributed by atoms with E-state index in [1.54, 1.807) is 28.0 Å². The molecule has 6 aromatic rings. The van der Waals surface area contributed by atoms with Gasteiger partial charge in [0.2, 0.25) is 23.6 Å². The van der Waals surface area contributed by atoms with Crippen LogP contribution in [0.15, 0.2) is 122 Å². The van der Waals surface area contributed by atoms with Crippen LogP contribution < -0.4 is 26.2 Å². The summed E-state index contributed by atoms with van der Waals surface area (Å²) in [5, 5.41) is 24.1. The molecule has 6 heterocycles. The number of nitrogens with one attached hydrogen (secondary N) is 4. The first-order valence-electron chi connectivity index (χ1n) is 37.9. The number of aliphatic hydroxyl groups excluding tert-OH is 1. The van der Waals surface area contributed by atoms with E-state index in [4.69, 9.17) is 21.1 Å². The third-order valence-electron chi connectivity index (χ3n) is 23.7. The summed E-state index contributed by atoms with van der Waals surface area (Å²) in [6, 6.07) is 33.7. The van der Waals surface area contributed by atoms with Gasteiger partial charge >= 0.3 is 6.09 Å². The first-order valence-corrected chi connectivity index (χ1v) is 38.3. The number of carbonyl (C=O) groups excluding carboxylic acids is 6. The fourth-order valence-corrected chi connectivity index (χ4v) is 17.8. The second-order valence-corrected chi connectivity index (χ2v) is 30.8. The van der Waals surface area contributed by atoms with Gasteiger partial charge < -0.3 is 60.3 Å². The van der Waals surface area contributed by atoms with Crippen molar-refractivity contribution >= 4 is 53.0 Å². The molecule has 0 spiro atoms. The molecular formula is C81H97ClF2N12O9. The van der Waals surface area contributed by atoms with Crippen LogP contribution in [0.2, 0.25) is 5.02 Å². The molecule has 24 heteroatoms. The van der Waals surface area contributed by atoms with Crippen LogP contribution in [0.25, 0.3) is 11.1 Å². The van der Waals surface area contributed by atoms with E-state index in [0.29, 0.717) is 100 Å². The SMILES string of the molecule is C[C@@H]1C[C@@H](O)c2ncnc(N3CCN(C(=O)[C@H](CN(CCNC(=O)CNC45CCC(CN6CCN(C(=O)[C@H](NC(=O)c7cccc(C8CCCN(C(=O)CNCc9ccc(F)cc9F)C8)c7)C7CCCCC7)CC6)(CC4)OC5)C(=O)OCC4c5ccccc5-c5ccccc54)c4ccc(Cl)cc4)CC3)c21. The Labute approximate surface area is 618 Å². The van der Waals surface area contributed by atoms with Gasteiger partial charge in [0, 0.05) is 143 Å². The van der Waals surface area contributed by atoms with Crippen molar-refractivity contribution in [3.05, 3.63) is 183 Å². The molecule has 5 N–H and O–H groups in total. The van der Waals surface area contributed by atoms with Crippen LogP contribution in [0.5, 0.6) is 0 Å². The van der Waals surface area contributed by atoms with Crippen molar-refractivity contribution < 1.29 is 52.1 Å². The number of carbonyl (C=O) groups is 6. The number of fused-ring (bicyclic) bond motifs is 7. The first-order chi connectivity index (χ1) is 51.0. The molecule has 2 saturated carbocycles. The Hall–Kier alpha value is -8.45. The highest BCUT2D eigenvalue weighted by Gasteiger charge is 2.51. The average Bonchev–Trinajstić information content (AvgIpc) is 1.76. The van der Waals surface area contributed by atoms with Crippen LogP contribution in [0.1, 0.15) is 163 Å². The number of benzene rings is 5. The van der Waals surface area contributed by atoms with Crippen molar-refractivity contribution in [2.45, 2.75) is 137 Å². The summed E-state index contributed by atoms with van der Waals surface area (Å²) in [6.45, 7) is 8.89. The van der Waals surface area contributed by atoms with E-state index < -0.39 is 35.8 Å². The lowest BCUT2D eigenvalue weighted by molar-refractivity contribution is -0.173. The fraction of sp³-hybridized carbons (Fsp3) is 0.506. The summed E-state index contributed by atoms with van der Waals surface area (Å²) >= 11 is 6.45. The number of piperidine rings is 1. The number of anilines is 1. The van der Waals surface area contributed by atoms with E-state index in [-0.39, 0.29) is 116 Å². The van der Waals surface area contributed by atoms with Crippen molar-refractivity contribution in [3.8, 4) is 11.1 Å². The number of amides is 6. The molecule has 105 heavy (non-hydrogen) atoms. The van der Waals surface area contributed by atoms with E-state index in [0.717, 1.165) is 122 Å². The Morgan fingerprint density at radius 1 is 0.752 bits per heavy atom. The third kappa shape index (κ3) is 16.7. The number of rotatable bonds is 24. The molecule has 1 unspecified atom stereocenters. The number of aliphatic hydroxyl groups is 1. The number of piperazine rings is 2. The monoisotopic (exact) mass is 1450 g/mol. The minimum atomic E-state index is -0.802. The van der Waals surface area contributed by atoms with E-state index in [1.165, 1.54) is 18.5 Å². The van der Waals surface area contributed by atoms with Crippen LogP contribution in [0.4, 0.5) is 19.4 Å². The maximum atomic E-state index is 15.1. The molecule has 9 aliphatic rings. The van der Waals surface area contributed by atoms with Crippen LogP contribution in [0.3, 0.4) is 0 Å². The maximum Gasteiger partial charge on any atom is 0.409 e. The lowest BCUT2D eigenvalue weighted by Crippen LogP contribution is -2.66. The zero-order valence-electron chi connectivity index (χ0n) is 59.9. The van der Waals surface area contributed by atoms with Crippen molar-refractivity contribution in [1.82, 2.24) is 55.7 Å². The molecule has 556 valence electrons. The summed E-state index contributed by atoms with van der Waals surface area (Å²) in [5.74, 6) is -2.26. The zero-order chi connectivity index (χ0) is 72.8. The minimum Gasteiger partial charge on any atom is -0.448 e. The fourth-order valence-electron chi connectivity index (χ4n) is 17.6. The molecule has 6 amide bonds. The van der Waals surface area contributed by atoms with Crippen molar-refractivity contribution in [2.75, 3.05) is 123 Å². The summed E-state index contributed by atoms with van der Waals surface area (Å²) in [5.41, 5.74) is 7.60. The Kier molecular flexibility index (Phi) is 22.9. The second-order valence-electron chi connectivity index (χ2n) is 30.4. The lowest BCUT2D eigenvalue weighted by Gasteiger charge is -2.55. The maximum absolute atomic E-state index is 15.1. The topological polar surface area (TPSA) is 234 Å². The van der Waals surface area contributed by atoms with E-state index in [9.17, 15) is 37.9 Å². The highest BCUT2D eigenvalue weighted by Crippen LogP contribution is 2.47. The van der Waals surface area contributed by atoms with Crippen LogP contribution in [-0.2, 0) is 35.2 Å². The van der Waals surface area contributed by atoms with Crippen LogP contribution >= 0.6 is 11.6 Å². The van der Waals surface area contributed by atoms with Gasteiger partial charge in [0.15, 0.2) is 0 Å². The number of hydrogen-bond donors (Lipinski definition) is 5. The van der Waals surface area contributed by atoms with Gasteiger partial charge in [-0.05, 0) is 133 Å². The van der Waals surface area contributed by atoms with Gasteiger partial charge in [-0.3, -0.25) is 28.9 Å². The van der Waals surface area contributed by atoms with Gasteiger partial charge in [-0.15, -0.1) is 0 Å². The van der Waals surface area contributed by atoms with Gasteiger partial charge in [0.05, 0.1) is 43.0 Å². The summed E-state index contributed by atoms with van der Waals surface area (Å²) < 4.78 is 40.8.